The van der Waals surface area contributed by atoms with Crippen LogP contribution in [0, 0.1) is 0 Å². The van der Waals surface area contributed by atoms with E-state index in [2.05, 4.69) is 22.4 Å². The zero-order valence-corrected chi connectivity index (χ0v) is 10.7. The molecule has 0 unspecified atom stereocenters. The summed E-state index contributed by atoms with van der Waals surface area (Å²) < 4.78 is 0. The number of nitrogens with one attached hydrogen (secondary N) is 1. The van der Waals surface area contributed by atoms with E-state index in [1.165, 1.54) is 11.3 Å². The van der Waals surface area contributed by atoms with Crippen molar-refractivity contribution < 1.29 is 4.79 Å². The summed E-state index contributed by atoms with van der Waals surface area (Å²) in [6.07, 6.45) is 0. The van der Waals surface area contributed by atoms with Gasteiger partial charge in [-0.05, 0) is 7.05 Å². The number of piperazine rings is 1. The normalized spacial score (nSPS) is 18.2. The molecule has 1 aliphatic heterocycles. The van der Waals surface area contributed by atoms with Crippen LogP contribution in [0.3, 0.4) is 0 Å². The van der Waals surface area contributed by atoms with Gasteiger partial charge in [0.1, 0.15) is 10.7 Å². The van der Waals surface area contributed by atoms with Gasteiger partial charge < -0.3 is 10.6 Å². The summed E-state index contributed by atoms with van der Waals surface area (Å²) >= 11 is 1.42. The zero-order chi connectivity index (χ0) is 12.3. The molecule has 1 aromatic heterocycles. The van der Waals surface area contributed by atoms with Crippen molar-refractivity contribution in [3.63, 3.8) is 0 Å². The molecule has 0 saturated carbocycles. The summed E-state index contributed by atoms with van der Waals surface area (Å²) in [4.78, 5) is 18.2. The highest BCUT2D eigenvalue weighted by Crippen LogP contribution is 2.09. The van der Waals surface area contributed by atoms with Crippen LogP contribution in [-0.2, 0) is 6.54 Å². The number of amides is 1. The summed E-state index contributed by atoms with van der Waals surface area (Å²) in [6.45, 7) is 4.00. The number of likely N-dealkylation sites (N-methyl/N-ethyl adjacent to an activating group) is 1. The van der Waals surface area contributed by atoms with Gasteiger partial charge in [-0.2, -0.15) is 0 Å². The average molecular weight is 255 g/mol. The second-order valence-electron chi connectivity index (χ2n) is 4.06. The van der Waals surface area contributed by atoms with Gasteiger partial charge in [-0.1, -0.05) is 0 Å². The number of aromatic nitrogens is 1. The maximum Gasteiger partial charge on any atom is 0.285 e. The van der Waals surface area contributed by atoms with Crippen LogP contribution < -0.4 is 11.2 Å². The number of carbonyl (C=O) groups excluding carboxylic acids is 1. The Bertz CT molecular complexity index is 386. The van der Waals surface area contributed by atoms with Crippen molar-refractivity contribution in [1.82, 2.24) is 20.3 Å². The molecule has 17 heavy (non-hydrogen) atoms. The molecule has 7 heteroatoms. The van der Waals surface area contributed by atoms with Gasteiger partial charge in [-0.25, -0.2) is 9.99 Å². The number of hydrogen-bond acceptors (Lipinski definition) is 6. The topological polar surface area (TPSA) is 74.5 Å². The number of nitrogens with two attached hydrogens (primary N) is 1. The third-order valence-corrected chi connectivity index (χ3v) is 3.59. The molecule has 1 saturated heterocycles. The van der Waals surface area contributed by atoms with Crippen molar-refractivity contribution in [2.75, 3.05) is 33.2 Å². The summed E-state index contributed by atoms with van der Waals surface area (Å²) in [5.74, 6) is -0.148. The van der Waals surface area contributed by atoms with Crippen LogP contribution in [-0.4, -0.2) is 54.0 Å². The second-order valence-corrected chi connectivity index (χ2v) is 5.00. The quantitative estimate of drug-likeness (QED) is 0.761. The molecule has 1 aliphatic rings. The van der Waals surface area contributed by atoms with E-state index in [0.717, 1.165) is 31.2 Å². The molecule has 2 heterocycles. The van der Waals surface area contributed by atoms with Crippen LogP contribution in [0.4, 0.5) is 0 Å². The van der Waals surface area contributed by atoms with E-state index in [1.807, 2.05) is 5.01 Å². The predicted molar refractivity (Wildman–Crippen MR) is 66.5 cm³/mol. The van der Waals surface area contributed by atoms with Crippen molar-refractivity contribution in [2.45, 2.75) is 6.54 Å². The fraction of sp³-hybridized carbons (Fsp3) is 0.600. The third kappa shape index (κ3) is 3.22. The molecular weight excluding hydrogens is 238 g/mol. The van der Waals surface area contributed by atoms with Gasteiger partial charge in [-0.15, -0.1) is 11.3 Å². The first-order valence-electron chi connectivity index (χ1n) is 5.58. The highest BCUT2D eigenvalue weighted by atomic mass is 32.1. The molecule has 1 amide bonds. The van der Waals surface area contributed by atoms with Crippen molar-refractivity contribution >= 4 is 17.2 Å². The van der Waals surface area contributed by atoms with E-state index in [4.69, 9.17) is 5.73 Å². The number of thiazole rings is 1. The first-order chi connectivity index (χ1) is 8.19. The smallest absolute Gasteiger partial charge is 0.285 e. The van der Waals surface area contributed by atoms with E-state index in [0.29, 0.717) is 12.2 Å². The summed E-state index contributed by atoms with van der Waals surface area (Å²) in [5, 5.41) is 4.46. The third-order valence-electron chi connectivity index (χ3n) is 2.72. The molecule has 1 aromatic rings. The molecule has 3 N–H and O–H groups in total. The minimum absolute atomic E-state index is 0.148. The molecule has 1 fully saturated rings. The van der Waals surface area contributed by atoms with Gasteiger partial charge >= 0.3 is 0 Å². The van der Waals surface area contributed by atoms with Crippen LogP contribution >= 0.6 is 11.3 Å². The van der Waals surface area contributed by atoms with Crippen molar-refractivity contribution in [3.8, 4) is 0 Å². The van der Waals surface area contributed by atoms with E-state index < -0.39 is 0 Å². The van der Waals surface area contributed by atoms with E-state index in [1.54, 1.807) is 5.38 Å². The van der Waals surface area contributed by atoms with Gasteiger partial charge in [0.25, 0.3) is 5.91 Å². The van der Waals surface area contributed by atoms with Gasteiger partial charge in [-0.3, -0.25) is 10.2 Å². The standard InChI is InChI=1S/C10H17N5OS/c1-14-2-4-15(5-3-14)13-10(16)8-7-17-9(6-11)12-8/h7H,2-6,11H2,1H3,(H,13,16). The van der Waals surface area contributed by atoms with E-state index >= 15 is 0 Å². The fourth-order valence-corrected chi connectivity index (χ4v) is 2.28. The lowest BCUT2D eigenvalue weighted by Gasteiger charge is -2.32. The molecule has 0 atom stereocenters. The SMILES string of the molecule is CN1CCN(NC(=O)c2csc(CN)n2)CC1. The molecule has 2 rings (SSSR count). The summed E-state index contributed by atoms with van der Waals surface area (Å²) in [7, 11) is 2.08. The Morgan fingerprint density at radius 3 is 2.82 bits per heavy atom. The number of rotatable bonds is 3. The largest absolute Gasteiger partial charge is 0.325 e. The van der Waals surface area contributed by atoms with E-state index in [-0.39, 0.29) is 5.91 Å². The van der Waals surface area contributed by atoms with Crippen LogP contribution in [0.25, 0.3) is 0 Å². The highest BCUT2D eigenvalue weighted by Gasteiger charge is 2.17. The average Bonchev–Trinajstić information content (AvgIpc) is 2.81. The second kappa shape index (κ2) is 5.54. The summed E-state index contributed by atoms with van der Waals surface area (Å²) in [5.41, 5.74) is 8.78. The molecule has 6 nitrogen and oxygen atoms in total. The molecular formula is C10H17N5OS. The first-order valence-corrected chi connectivity index (χ1v) is 6.46. The molecule has 94 valence electrons. The van der Waals surface area contributed by atoms with Crippen LogP contribution in [0.2, 0.25) is 0 Å². The molecule has 0 aliphatic carbocycles. The Kier molecular flexibility index (Phi) is 4.06. The van der Waals surface area contributed by atoms with Crippen LogP contribution in [0.1, 0.15) is 15.5 Å². The van der Waals surface area contributed by atoms with Crippen LogP contribution in [0.5, 0.6) is 0 Å². The Morgan fingerprint density at radius 1 is 1.53 bits per heavy atom. The number of carbonyl (C=O) groups is 1. The molecule has 0 aromatic carbocycles. The minimum Gasteiger partial charge on any atom is -0.325 e. The maximum absolute atomic E-state index is 11.9. The maximum atomic E-state index is 11.9. The van der Waals surface area contributed by atoms with Crippen LogP contribution in [0.15, 0.2) is 5.38 Å². The molecule has 0 bridgehead atoms. The van der Waals surface area contributed by atoms with E-state index in [9.17, 15) is 4.79 Å². The fourth-order valence-electron chi connectivity index (χ4n) is 1.63. The highest BCUT2D eigenvalue weighted by molar-refractivity contribution is 7.09. The van der Waals surface area contributed by atoms with Gasteiger partial charge in [0.05, 0.1) is 0 Å². The monoisotopic (exact) mass is 255 g/mol. The Labute approximate surface area is 104 Å². The lowest BCUT2D eigenvalue weighted by molar-refractivity contribution is 0.0658. The first kappa shape index (κ1) is 12.4. The number of hydrogen-bond donors (Lipinski definition) is 2. The van der Waals surface area contributed by atoms with Crippen molar-refractivity contribution in [2.24, 2.45) is 5.73 Å². The zero-order valence-electron chi connectivity index (χ0n) is 9.85. The number of hydrazine groups is 1. The van der Waals surface area contributed by atoms with Gasteiger partial charge in [0.15, 0.2) is 0 Å². The minimum atomic E-state index is -0.148. The number of nitrogens with zero attached hydrogens (tertiary/aromatic N) is 3. The van der Waals surface area contributed by atoms with Crippen molar-refractivity contribution in [1.29, 1.82) is 0 Å². The lowest BCUT2D eigenvalue weighted by atomic mass is 10.4. The molecule has 0 radical (unpaired) electrons. The Hall–Kier alpha value is -1.02. The van der Waals surface area contributed by atoms with Crippen molar-refractivity contribution in [3.05, 3.63) is 16.1 Å². The Balaban J connectivity index is 1.88. The predicted octanol–water partition coefficient (Wildman–Crippen LogP) is -0.506. The van der Waals surface area contributed by atoms with Gasteiger partial charge in [0, 0.05) is 38.1 Å². The Morgan fingerprint density at radius 2 is 2.24 bits per heavy atom. The summed E-state index contributed by atoms with van der Waals surface area (Å²) in [6, 6.07) is 0. The van der Waals surface area contributed by atoms with Gasteiger partial charge in [0.2, 0.25) is 0 Å². The molecule has 0 spiro atoms. The lowest BCUT2D eigenvalue weighted by Crippen LogP contribution is -2.52.